The second-order valence-electron chi connectivity index (χ2n) is 9.26. The number of benzene rings is 3. The van der Waals surface area contributed by atoms with Gasteiger partial charge in [0.25, 0.3) is 0 Å². The van der Waals surface area contributed by atoms with Crippen LogP contribution in [0.3, 0.4) is 0 Å². The number of nitrogens with zero attached hydrogens (tertiary/aromatic N) is 2. The van der Waals surface area contributed by atoms with Crippen LogP contribution in [0.5, 0.6) is 0 Å². The van der Waals surface area contributed by atoms with Crippen molar-refractivity contribution < 1.29 is 23.2 Å². The average Bonchev–Trinajstić information content (AvgIpc) is 3.37. The van der Waals surface area contributed by atoms with Crippen molar-refractivity contribution in [3.05, 3.63) is 109 Å². The molecule has 1 aromatic heterocycles. The van der Waals surface area contributed by atoms with E-state index in [1.54, 1.807) is 36.4 Å². The van der Waals surface area contributed by atoms with Crippen LogP contribution in [0.1, 0.15) is 16.4 Å². The van der Waals surface area contributed by atoms with Gasteiger partial charge in [0, 0.05) is 21.0 Å². The van der Waals surface area contributed by atoms with Crippen molar-refractivity contribution in [2.24, 2.45) is 5.92 Å². The minimum atomic E-state index is -0.862. The van der Waals surface area contributed by atoms with Crippen molar-refractivity contribution in [3.63, 3.8) is 0 Å². The van der Waals surface area contributed by atoms with E-state index in [2.05, 4.69) is 21.2 Å². The van der Waals surface area contributed by atoms with E-state index >= 15 is 0 Å². The molecule has 7 nitrogen and oxygen atoms in total. The number of hydrogen-bond donors (Lipinski definition) is 1. The maximum absolute atomic E-state index is 13.8. The van der Waals surface area contributed by atoms with Crippen LogP contribution in [0.4, 0.5) is 20.2 Å². The van der Waals surface area contributed by atoms with Crippen LogP contribution in [-0.4, -0.2) is 27.5 Å². The van der Waals surface area contributed by atoms with Crippen molar-refractivity contribution in [2.75, 3.05) is 10.2 Å². The Balaban J connectivity index is 1.40. The number of thiazole rings is 1. The number of carbonyl (C=O) groups is 3. The quantitative estimate of drug-likeness (QED) is 0.296. The molecule has 0 radical (unpaired) electrons. The van der Waals surface area contributed by atoms with Crippen LogP contribution in [0.15, 0.2) is 87.1 Å². The lowest BCUT2D eigenvalue weighted by Crippen LogP contribution is -2.33. The van der Waals surface area contributed by atoms with E-state index in [-0.39, 0.29) is 6.54 Å². The van der Waals surface area contributed by atoms with Gasteiger partial charge in [0.1, 0.15) is 23.4 Å². The number of nitrogens with one attached hydrogen (secondary N) is 1. The lowest BCUT2D eigenvalue weighted by molar-refractivity contribution is -0.122. The first kappa shape index (κ1) is 26.6. The Morgan fingerprint density at radius 3 is 2.15 bits per heavy atom. The molecule has 2 aliphatic heterocycles. The minimum Gasteiger partial charge on any atom is -0.325 e. The van der Waals surface area contributed by atoms with E-state index < -0.39 is 51.3 Å². The fourth-order valence-corrected chi connectivity index (χ4v) is 8.04. The summed E-state index contributed by atoms with van der Waals surface area (Å²) < 4.78 is 29.2. The molecule has 6 rings (SSSR count). The monoisotopic (exact) mass is 641 g/mol. The summed E-state index contributed by atoms with van der Waals surface area (Å²) >= 11 is 5.35. The molecule has 3 heterocycles. The van der Waals surface area contributed by atoms with Crippen LogP contribution in [-0.2, 0) is 20.9 Å². The molecule has 3 amide bonds. The average molecular weight is 643 g/mol. The number of hydrogen-bond acceptors (Lipinski definition) is 6. The smallest absolute Gasteiger partial charge is 0.308 e. The van der Waals surface area contributed by atoms with Gasteiger partial charge in [-0.15, -0.1) is 0 Å². The Morgan fingerprint density at radius 1 is 0.875 bits per heavy atom. The molecule has 1 N–H and O–H groups in total. The van der Waals surface area contributed by atoms with Gasteiger partial charge in [0.2, 0.25) is 17.7 Å². The number of imide groups is 1. The fourth-order valence-electron chi connectivity index (χ4n) is 5.01. The molecule has 0 aliphatic carbocycles. The Labute approximate surface area is 242 Å². The lowest BCUT2D eigenvalue weighted by Gasteiger charge is -2.30. The Bertz CT molecular complexity index is 1710. The summed E-state index contributed by atoms with van der Waals surface area (Å²) in [5.41, 5.74) is 1.37. The van der Waals surface area contributed by atoms with Crippen LogP contribution >= 0.6 is 39.0 Å². The number of thioether (sulfide) groups is 1. The Hall–Kier alpha value is -3.61. The van der Waals surface area contributed by atoms with Gasteiger partial charge in [-0.3, -0.25) is 23.7 Å². The molecule has 202 valence electrons. The maximum Gasteiger partial charge on any atom is 0.308 e. The maximum atomic E-state index is 13.8. The van der Waals surface area contributed by atoms with Crippen molar-refractivity contribution in [2.45, 2.75) is 22.7 Å². The fraction of sp³-hybridized carbons (Fsp3) is 0.143. The standard InChI is InChI=1S/C28H18BrF2N3O4S2/c29-15-3-11-19(12-4-15)34-25(36)22-21(14-1-5-16(30)6-2-14)24-27(39-23(22)26(34)37)33(28(38)40-24)13-20(35)32-18-9-7-17(31)8-10-18/h1-12,21-23H,13H2,(H,32,35). The molecule has 0 bridgehead atoms. The zero-order valence-corrected chi connectivity index (χ0v) is 23.6. The summed E-state index contributed by atoms with van der Waals surface area (Å²) in [4.78, 5) is 54.8. The highest BCUT2D eigenvalue weighted by molar-refractivity contribution is 9.10. The third-order valence-corrected chi connectivity index (χ3v) is 9.93. The molecule has 40 heavy (non-hydrogen) atoms. The van der Waals surface area contributed by atoms with Crippen LogP contribution in [0.2, 0.25) is 0 Å². The molecule has 12 heteroatoms. The molecule has 3 atom stereocenters. The zero-order valence-electron chi connectivity index (χ0n) is 20.3. The van der Waals surface area contributed by atoms with E-state index in [4.69, 9.17) is 0 Å². The highest BCUT2D eigenvalue weighted by Crippen LogP contribution is 2.53. The van der Waals surface area contributed by atoms with Gasteiger partial charge >= 0.3 is 4.87 Å². The topological polar surface area (TPSA) is 88.5 Å². The second-order valence-corrected chi connectivity index (χ2v) is 12.3. The number of anilines is 2. The summed E-state index contributed by atoms with van der Waals surface area (Å²) in [5.74, 6) is -3.80. The van der Waals surface area contributed by atoms with Gasteiger partial charge in [-0.05, 0) is 66.2 Å². The minimum absolute atomic E-state index is 0.346. The van der Waals surface area contributed by atoms with Crippen LogP contribution in [0.25, 0.3) is 0 Å². The van der Waals surface area contributed by atoms with Crippen molar-refractivity contribution >= 4 is 68.1 Å². The van der Waals surface area contributed by atoms with E-state index in [1.807, 2.05) is 0 Å². The number of aromatic nitrogens is 1. The van der Waals surface area contributed by atoms with Crippen LogP contribution in [0, 0.1) is 17.6 Å². The van der Waals surface area contributed by atoms with Gasteiger partial charge in [-0.25, -0.2) is 13.7 Å². The van der Waals surface area contributed by atoms with E-state index in [0.29, 0.717) is 26.8 Å². The molecule has 1 saturated heterocycles. The lowest BCUT2D eigenvalue weighted by atomic mass is 9.83. The number of amides is 3. The molecule has 1 fully saturated rings. The normalized spacial score (nSPS) is 19.9. The first-order valence-corrected chi connectivity index (χ1v) is 14.5. The molecule has 3 unspecified atom stereocenters. The van der Waals surface area contributed by atoms with E-state index in [0.717, 1.165) is 32.5 Å². The molecule has 0 saturated carbocycles. The summed E-state index contributed by atoms with van der Waals surface area (Å²) in [6.45, 7) is -0.346. The second kappa shape index (κ2) is 10.4. The predicted octanol–water partition coefficient (Wildman–Crippen LogP) is 5.39. The van der Waals surface area contributed by atoms with Crippen LogP contribution < -0.4 is 15.1 Å². The summed E-state index contributed by atoms with van der Waals surface area (Å²) in [7, 11) is 0. The zero-order chi connectivity index (χ0) is 28.1. The molecular formula is C28H18BrF2N3O4S2. The van der Waals surface area contributed by atoms with Crippen molar-refractivity contribution in [3.8, 4) is 0 Å². The number of carbonyl (C=O) groups excluding carboxylic acids is 3. The molecule has 2 aliphatic rings. The molecule has 3 aromatic carbocycles. The van der Waals surface area contributed by atoms with Crippen molar-refractivity contribution in [1.29, 1.82) is 0 Å². The number of fused-ring (bicyclic) bond motifs is 2. The van der Waals surface area contributed by atoms with Gasteiger partial charge in [-0.2, -0.15) is 0 Å². The van der Waals surface area contributed by atoms with Gasteiger partial charge in [0.15, 0.2) is 0 Å². The SMILES string of the molecule is O=C(Cn1c2c(sc1=O)C(c1ccc(F)cc1)C1C(=O)N(c3ccc(Br)cc3)C(=O)C1S2)Nc1ccc(F)cc1. The first-order valence-electron chi connectivity index (χ1n) is 12.1. The summed E-state index contributed by atoms with van der Waals surface area (Å²) in [6, 6.07) is 17.7. The van der Waals surface area contributed by atoms with E-state index in [9.17, 15) is 28.0 Å². The molecule has 4 aromatic rings. The Kier molecular flexibility index (Phi) is 6.93. The third-order valence-electron chi connectivity index (χ3n) is 6.79. The summed E-state index contributed by atoms with van der Waals surface area (Å²) in [5, 5.41) is 2.19. The first-order chi connectivity index (χ1) is 19.2. The van der Waals surface area contributed by atoms with Gasteiger partial charge in [0.05, 0.1) is 16.6 Å². The Morgan fingerprint density at radius 2 is 1.50 bits per heavy atom. The van der Waals surface area contributed by atoms with Gasteiger partial charge in [-0.1, -0.05) is 51.2 Å². The highest BCUT2D eigenvalue weighted by atomic mass is 79.9. The highest BCUT2D eigenvalue weighted by Gasteiger charge is 2.56. The summed E-state index contributed by atoms with van der Waals surface area (Å²) in [6.07, 6.45) is 0. The largest absolute Gasteiger partial charge is 0.325 e. The molecular weight excluding hydrogens is 624 g/mol. The van der Waals surface area contributed by atoms with Crippen molar-refractivity contribution in [1.82, 2.24) is 4.57 Å². The predicted molar refractivity (Wildman–Crippen MR) is 152 cm³/mol. The number of halogens is 3. The van der Waals surface area contributed by atoms with E-state index in [1.165, 1.54) is 41.0 Å². The molecule has 0 spiro atoms. The van der Waals surface area contributed by atoms with Gasteiger partial charge < -0.3 is 5.32 Å². The third kappa shape index (κ3) is 4.69. The number of rotatable bonds is 5.